The number of hydrogen-bond acceptors (Lipinski definition) is 4. The molecule has 0 saturated carbocycles. The molecule has 3 saturated heterocycles. The topological polar surface area (TPSA) is 13.0 Å². The Kier molecular flexibility index (Phi) is 6.61. The first-order valence-electron chi connectivity index (χ1n) is 11.4. The molecule has 4 rings (SSSR count). The summed E-state index contributed by atoms with van der Waals surface area (Å²) in [6.45, 7) is 30.8. The maximum atomic E-state index is 3.14. The van der Waals surface area contributed by atoms with Gasteiger partial charge in [0.2, 0.25) is 0 Å². The van der Waals surface area contributed by atoms with Crippen LogP contribution in [0.2, 0.25) is 58.9 Å². The molecule has 3 aliphatic rings. The highest BCUT2D eigenvalue weighted by Crippen LogP contribution is 2.35. The Hall–Kier alpha value is -0.0725. The van der Waals surface area contributed by atoms with Crippen molar-refractivity contribution in [1.82, 2.24) is 17.6 Å². The molecule has 0 aromatic heterocycles. The fraction of sp³-hybridized carbons (Fsp3) is 0.714. The maximum absolute atomic E-state index is 3.14. The van der Waals surface area contributed by atoms with Crippen LogP contribution in [-0.4, -0.2) is 90.1 Å². The van der Waals surface area contributed by atoms with E-state index in [0.717, 1.165) is 0 Å². The quantitative estimate of drug-likeness (QED) is 0.631. The molecule has 0 aliphatic carbocycles. The van der Waals surface area contributed by atoms with Crippen LogP contribution in [0.5, 0.6) is 0 Å². The molecule has 0 radical (unpaired) electrons. The van der Waals surface area contributed by atoms with E-state index in [-0.39, 0.29) is 0 Å². The highest BCUT2D eigenvalue weighted by Gasteiger charge is 2.61. The molecule has 2 bridgehead atoms. The summed E-state index contributed by atoms with van der Waals surface area (Å²) in [6, 6.07) is 11.8. The lowest BCUT2D eigenvalue weighted by Crippen LogP contribution is -2.92. The Morgan fingerprint density at radius 3 is 1.21 bits per heavy atom. The summed E-state index contributed by atoms with van der Waals surface area (Å²) in [4.78, 5) is 2.76. The van der Waals surface area contributed by atoms with E-state index in [9.17, 15) is 0 Å². The molecular weight excluding hydrogens is 421 g/mol. The average molecular weight is 465 g/mol. The lowest BCUT2D eigenvalue weighted by molar-refractivity contribution is 0.198. The van der Waals surface area contributed by atoms with Crippen LogP contribution in [0.25, 0.3) is 0 Å². The minimum Gasteiger partial charge on any atom is -0.317 e. The molecule has 0 amide bonds. The third-order valence-electron chi connectivity index (χ3n) is 6.64. The van der Waals surface area contributed by atoms with Gasteiger partial charge in [-0.1, -0.05) is 89.3 Å². The van der Waals surface area contributed by atoms with Crippen LogP contribution in [0.1, 0.15) is 0 Å². The van der Waals surface area contributed by atoms with Crippen LogP contribution in [0.15, 0.2) is 30.3 Å². The molecule has 8 heteroatoms. The summed E-state index contributed by atoms with van der Waals surface area (Å²) in [6.07, 6.45) is 0. The lowest BCUT2D eigenvalue weighted by Gasteiger charge is -2.66. The lowest BCUT2D eigenvalue weighted by atomic mass is 10.4. The summed E-state index contributed by atoms with van der Waals surface area (Å²) < 4.78 is 9.41. The molecule has 3 aliphatic heterocycles. The van der Waals surface area contributed by atoms with E-state index in [0.29, 0.717) is 0 Å². The minimum atomic E-state index is -2.24. The Labute approximate surface area is 184 Å². The van der Waals surface area contributed by atoms with Crippen molar-refractivity contribution in [2.45, 2.75) is 58.9 Å². The third kappa shape index (κ3) is 4.45. The number of hydrogen-bond donors (Lipinski definition) is 0. The summed E-state index contributed by atoms with van der Waals surface area (Å²) in [7, 11) is -6.91. The van der Waals surface area contributed by atoms with Crippen molar-refractivity contribution in [3.63, 3.8) is 0 Å². The number of benzene rings is 1. The van der Waals surface area contributed by atoms with Crippen molar-refractivity contribution in [3.05, 3.63) is 30.3 Å². The summed E-state index contributed by atoms with van der Waals surface area (Å²) in [5.74, 6) is 0. The maximum Gasteiger partial charge on any atom is 0.303 e. The van der Waals surface area contributed by atoms with Gasteiger partial charge in [0.15, 0.2) is 0 Å². The SMILES string of the molecule is C[Si](C)(C)N1CCN2CCN([Si](C)(C)C)[Si]1(c1ccccc1)N([Si](C)(C)C)CC2. The molecule has 0 unspecified atom stereocenters. The number of nitrogens with zero attached hydrogens (tertiary/aromatic N) is 4. The van der Waals surface area contributed by atoms with Gasteiger partial charge in [-0.15, -0.1) is 0 Å². The van der Waals surface area contributed by atoms with E-state index in [1.54, 1.807) is 5.19 Å². The largest absolute Gasteiger partial charge is 0.317 e. The van der Waals surface area contributed by atoms with Gasteiger partial charge in [-0.25, -0.2) is 0 Å². The molecule has 0 spiro atoms. The molecule has 164 valence electrons. The molecule has 4 nitrogen and oxygen atoms in total. The zero-order valence-corrected chi connectivity index (χ0v) is 24.4. The van der Waals surface area contributed by atoms with Gasteiger partial charge < -0.3 is 12.7 Å². The highest BCUT2D eigenvalue weighted by molar-refractivity contribution is 7.05. The first-order chi connectivity index (χ1) is 13.3. The monoisotopic (exact) mass is 464 g/mol. The van der Waals surface area contributed by atoms with Crippen LogP contribution < -0.4 is 5.19 Å². The minimum absolute atomic E-state index is 1.23. The van der Waals surface area contributed by atoms with Crippen LogP contribution in [-0.2, 0) is 0 Å². The number of rotatable bonds is 4. The van der Waals surface area contributed by atoms with Crippen molar-refractivity contribution < 1.29 is 0 Å². The normalized spacial score (nSPS) is 28.8. The first-order valence-corrected chi connectivity index (χ1v) is 23.6. The van der Waals surface area contributed by atoms with E-state index < -0.39 is 33.3 Å². The smallest absolute Gasteiger partial charge is 0.303 e. The second-order valence-corrected chi connectivity index (χ2v) is 31.3. The molecule has 29 heavy (non-hydrogen) atoms. The van der Waals surface area contributed by atoms with Crippen molar-refractivity contribution in [1.29, 1.82) is 0 Å². The molecule has 1 aromatic carbocycles. The van der Waals surface area contributed by atoms with Crippen molar-refractivity contribution in [2.24, 2.45) is 0 Å². The molecule has 0 N–H and O–H groups in total. The van der Waals surface area contributed by atoms with Crippen molar-refractivity contribution in [2.75, 3.05) is 39.3 Å². The summed E-state index contributed by atoms with van der Waals surface area (Å²) in [5, 5.41) is 1.64. The second-order valence-electron chi connectivity index (χ2n) is 11.8. The molecule has 3 heterocycles. The Morgan fingerprint density at radius 2 is 0.897 bits per heavy atom. The van der Waals surface area contributed by atoms with Crippen LogP contribution in [0.3, 0.4) is 0 Å². The molecule has 1 aromatic rings. The van der Waals surface area contributed by atoms with E-state index >= 15 is 0 Å². The predicted octanol–water partition coefficient (Wildman–Crippen LogP) is 3.57. The van der Waals surface area contributed by atoms with Crippen LogP contribution >= 0.6 is 0 Å². The highest BCUT2D eigenvalue weighted by atomic mass is 28.5. The number of fused-ring (bicyclic) bond motifs is 6. The first kappa shape index (κ1) is 23.6. The van der Waals surface area contributed by atoms with Gasteiger partial charge >= 0.3 is 8.56 Å². The Balaban J connectivity index is 2.41. The molecular formula is C21H44N4Si4. The fourth-order valence-electron chi connectivity index (χ4n) is 5.50. The van der Waals surface area contributed by atoms with Gasteiger partial charge in [0.25, 0.3) is 0 Å². The zero-order valence-electron chi connectivity index (χ0n) is 20.4. The van der Waals surface area contributed by atoms with E-state index in [2.05, 4.69) is 107 Å². The van der Waals surface area contributed by atoms with E-state index in [1.807, 2.05) is 0 Å². The second kappa shape index (κ2) is 8.12. The summed E-state index contributed by atoms with van der Waals surface area (Å²) in [5.41, 5.74) is 0. The standard InChI is InChI=1S/C21H44N4Si4/c1-26(2,3)23-18-15-22-16-19-24(27(4,5)6)29(23,21-13-11-10-12-14-21)25(20-17-22)28(7,8)9/h10-14H,15-20H2,1-9H3. The molecule has 0 atom stereocenters. The molecule has 3 fully saturated rings. The van der Waals surface area contributed by atoms with Gasteiger partial charge in [-0.3, -0.25) is 4.90 Å². The van der Waals surface area contributed by atoms with Gasteiger partial charge in [0, 0.05) is 39.3 Å². The average Bonchev–Trinajstić information content (AvgIpc) is 2.51. The van der Waals surface area contributed by atoms with Gasteiger partial charge in [-0.2, -0.15) is 0 Å². The van der Waals surface area contributed by atoms with Crippen molar-refractivity contribution in [3.8, 4) is 0 Å². The predicted molar refractivity (Wildman–Crippen MR) is 138 cm³/mol. The fourth-order valence-corrected chi connectivity index (χ4v) is 27.0. The zero-order chi connectivity index (χ0) is 21.7. The van der Waals surface area contributed by atoms with E-state index in [1.165, 1.54) is 39.3 Å². The van der Waals surface area contributed by atoms with E-state index in [4.69, 9.17) is 0 Å². The third-order valence-corrected chi connectivity index (χ3v) is 25.0. The van der Waals surface area contributed by atoms with Gasteiger partial charge in [-0.05, 0) is 5.19 Å². The Morgan fingerprint density at radius 1 is 0.552 bits per heavy atom. The Bertz CT molecular complexity index is 629. The summed E-state index contributed by atoms with van der Waals surface area (Å²) >= 11 is 0. The van der Waals surface area contributed by atoms with Gasteiger partial charge in [0.1, 0.15) is 24.7 Å². The van der Waals surface area contributed by atoms with Crippen LogP contribution in [0.4, 0.5) is 0 Å². The van der Waals surface area contributed by atoms with Gasteiger partial charge in [0.05, 0.1) is 0 Å². The van der Waals surface area contributed by atoms with Crippen LogP contribution in [0, 0.1) is 0 Å². The van der Waals surface area contributed by atoms with Crippen molar-refractivity contribution >= 4 is 38.5 Å².